The second-order valence-corrected chi connectivity index (χ2v) is 7.45. The largest absolute Gasteiger partial charge is 0.508 e. The smallest absolute Gasteiger partial charge is 0.135 e. The van der Waals surface area contributed by atoms with Crippen molar-refractivity contribution in [2.24, 2.45) is 0 Å². The van der Waals surface area contributed by atoms with E-state index in [9.17, 15) is 5.11 Å². The summed E-state index contributed by atoms with van der Waals surface area (Å²) in [5, 5.41) is 17.4. The first kappa shape index (κ1) is 15.1. The van der Waals surface area contributed by atoms with Gasteiger partial charge in [0.15, 0.2) is 0 Å². The van der Waals surface area contributed by atoms with Crippen LogP contribution in [0.4, 0.5) is 0 Å². The Morgan fingerprint density at radius 3 is 2.11 bits per heavy atom. The number of hydrogen-bond donors (Lipinski definition) is 3. The van der Waals surface area contributed by atoms with Crippen LogP contribution in [0, 0.1) is 0 Å². The van der Waals surface area contributed by atoms with Gasteiger partial charge in [0.2, 0.25) is 0 Å². The van der Waals surface area contributed by atoms with Gasteiger partial charge >= 0.3 is 0 Å². The Morgan fingerprint density at radius 2 is 1.67 bits per heavy atom. The van der Waals surface area contributed by atoms with Gasteiger partial charge in [0.25, 0.3) is 0 Å². The fourth-order valence-electron chi connectivity index (χ4n) is 2.33. The Hall–Kier alpha value is -0.960. The lowest BCUT2D eigenvalue weighted by Crippen LogP contribution is -2.55. The zero-order chi connectivity index (χ0) is 14.2. The maximum absolute atomic E-state index is 10.5. The molecule has 3 heteroatoms. The molecule has 0 fully saturated rings. The third-order valence-corrected chi connectivity index (χ3v) is 2.75. The van der Waals surface area contributed by atoms with Crippen LogP contribution in [0.15, 0.2) is 23.6 Å². The van der Waals surface area contributed by atoms with Gasteiger partial charge in [0.1, 0.15) is 5.76 Å². The first-order valence-corrected chi connectivity index (χ1v) is 6.61. The fraction of sp³-hybridized carbons (Fsp3) is 0.733. The molecule has 0 radical (unpaired) electrons. The van der Waals surface area contributed by atoms with Crippen LogP contribution < -0.4 is 10.6 Å². The molecule has 0 aromatic rings. The predicted molar refractivity (Wildman–Crippen MR) is 77.6 cm³/mol. The number of allylic oxidation sites excluding steroid dienone is 1. The minimum atomic E-state index is -0.402. The van der Waals surface area contributed by atoms with Crippen LogP contribution in [-0.2, 0) is 0 Å². The summed E-state index contributed by atoms with van der Waals surface area (Å²) >= 11 is 0. The van der Waals surface area contributed by atoms with Crippen molar-refractivity contribution in [2.45, 2.75) is 71.5 Å². The fourth-order valence-corrected chi connectivity index (χ4v) is 2.33. The molecule has 0 bridgehead atoms. The van der Waals surface area contributed by atoms with Gasteiger partial charge in [-0.25, -0.2) is 0 Å². The number of hydrogen-bond acceptors (Lipinski definition) is 3. The van der Waals surface area contributed by atoms with Crippen molar-refractivity contribution < 1.29 is 5.11 Å². The van der Waals surface area contributed by atoms with Crippen LogP contribution in [0.5, 0.6) is 0 Å². The van der Waals surface area contributed by atoms with Crippen LogP contribution in [0.25, 0.3) is 0 Å². The van der Waals surface area contributed by atoms with E-state index in [0.29, 0.717) is 5.76 Å². The van der Waals surface area contributed by atoms with Crippen LogP contribution in [0.3, 0.4) is 0 Å². The van der Waals surface area contributed by atoms with Crippen LogP contribution >= 0.6 is 0 Å². The highest BCUT2D eigenvalue weighted by atomic mass is 16.3. The minimum Gasteiger partial charge on any atom is -0.508 e. The summed E-state index contributed by atoms with van der Waals surface area (Å²) < 4.78 is 0. The second-order valence-electron chi connectivity index (χ2n) is 7.45. The molecule has 0 amide bonds. The van der Waals surface area contributed by atoms with Crippen molar-refractivity contribution in [2.75, 3.05) is 0 Å². The first-order chi connectivity index (χ1) is 7.93. The standard InChI is InChI=1S/C15H28N2O/c1-13(2,3)16-11-9-8-10-15(7,12(11)18)17-14(4,5)6/h8-9,16-18H,10H2,1-7H3. The quantitative estimate of drug-likeness (QED) is 0.707. The van der Waals surface area contributed by atoms with E-state index in [1.54, 1.807) is 0 Å². The molecule has 1 rings (SSSR count). The van der Waals surface area contributed by atoms with Crippen molar-refractivity contribution in [3.8, 4) is 0 Å². The van der Waals surface area contributed by atoms with Gasteiger partial charge < -0.3 is 10.4 Å². The van der Waals surface area contributed by atoms with Crippen molar-refractivity contribution in [3.05, 3.63) is 23.6 Å². The normalized spacial score (nSPS) is 25.5. The molecule has 0 aliphatic heterocycles. The topological polar surface area (TPSA) is 44.3 Å². The van der Waals surface area contributed by atoms with Crippen molar-refractivity contribution in [1.82, 2.24) is 10.6 Å². The lowest BCUT2D eigenvalue weighted by atomic mass is 9.86. The first-order valence-electron chi connectivity index (χ1n) is 6.61. The van der Waals surface area contributed by atoms with E-state index in [1.807, 2.05) is 13.0 Å². The van der Waals surface area contributed by atoms with E-state index in [0.717, 1.165) is 12.1 Å². The molecule has 18 heavy (non-hydrogen) atoms. The molecular weight excluding hydrogens is 224 g/mol. The average Bonchev–Trinajstić information content (AvgIpc) is 2.08. The van der Waals surface area contributed by atoms with Gasteiger partial charge in [-0.05, 0) is 61.0 Å². The number of nitrogens with one attached hydrogen (secondary N) is 2. The van der Waals surface area contributed by atoms with E-state index in [-0.39, 0.29) is 11.1 Å². The third-order valence-electron chi connectivity index (χ3n) is 2.75. The van der Waals surface area contributed by atoms with Gasteiger partial charge in [0, 0.05) is 11.1 Å². The molecular formula is C15H28N2O. The van der Waals surface area contributed by atoms with Gasteiger partial charge in [0.05, 0.1) is 11.2 Å². The molecule has 0 saturated carbocycles. The molecule has 0 saturated heterocycles. The zero-order valence-corrected chi connectivity index (χ0v) is 12.8. The van der Waals surface area contributed by atoms with Crippen molar-refractivity contribution >= 4 is 0 Å². The predicted octanol–water partition coefficient (Wildman–Crippen LogP) is 3.25. The van der Waals surface area contributed by atoms with E-state index >= 15 is 0 Å². The Balaban J connectivity index is 3.01. The Morgan fingerprint density at radius 1 is 1.11 bits per heavy atom. The number of rotatable bonds is 2. The SMILES string of the molecule is CC(C)(C)NC1=C(O)C(C)(NC(C)(C)C)CC=C1. The van der Waals surface area contributed by atoms with E-state index in [4.69, 9.17) is 0 Å². The van der Waals surface area contributed by atoms with Crippen LogP contribution in [0.1, 0.15) is 54.9 Å². The molecule has 3 N–H and O–H groups in total. The number of aliphatic hydroxyl groups is 1. The van der Waals surface area contributed by atoms with Crippen molar-refractivity contribution in [1.29, 1.82) is 0 Å². The maximum atomic E-state index is 10.5. The summed E-state index contributed by atoms with van der Waals surface area (Å²) in [6, 6.07) is 0. The highest BCUT2D eigenvalue weighted by Gasteiger charge is 2.36. The Bertz CT molecular complexity index is 369. The van der Waals surface area contributed by atoms with Crippen molar-refractivity contribution in [3.63, 3.8) is 0 Å². The molecule has 104 valence electrons. The molecule has 0 spiro atoms. The molecule has 0 aromatic heterocycles. The summed E-state index contributed by atoms with van der Waals surface area (Å²) in [5.41, 5.74) is 0.308. The van der Waals surface area contributed by atoms with Gasteiger partial charge in [-0.1, -0.05) is 6.08 Å². The summed E-state index contributed by atoms with van der Waals surface area (Å²) in [5.74, 6) is 0.398. The van der Waals surface area contributed by atoms with E-state index in [2.05, 4.69) is 58.3 Å². The summed E-state index contributed by atoms with van der Waals surface area (Å²) in [7, 11) is 0. The molecule has 0 aromatic carbocycles. The molecule has 3 nitrogen and oxygen atoms in total. The van der Waals surface area contributed by atoms with Crippen LogP contribution in [0.2, 0.25) is 0 Å². The lowest BCUT2D eigenvalue weighted by Gasteiger charge is -2.40. The molecule has 1 unspecified atom stereocenters. The van der Waals surface area contributed by atoms with Gasteiger partial charge in [-0.15, -0.1) is 0 Å². The van der Waals surface area contributed by atoms with Gasteiger partial charge in [-0.3, -0.25) is 5.32 Å². The average molecular weight is 252 g/mol. The highest BCUT2D eigenvalue weighted by molar-refractivity contribution is 5.33. The third kappa shape index (κ3) is 4.05. The summed E-state index contributed by atoms with van der Waals surface area (Å²) in [4.78, 5) is 0. The van der Waals surface area contributed by atoms with Crippen LogP contribution in [-0.4, -0.2) is 21.7 Å². The molecule has 1 aliphatic carbocycles. The van der Waals surface area contributed by atoms with Gasteiger partial charge in [-0.2, -0.15) is 0 Å². The Labute approximate surface area is 111 Å². The van der Waals surface area contributed by atoms with E-state index < -0.39 is 5.54 Å². The molecule has 1 atom stereocenters. The highest BCUT2D eigenvalue weighted by Crippen LogP contribution is 2.29. The monoisotopic (exact) mass is 252 g/mol. The zero-order valence-electron chi connectivity index (χ0n) is 12.8. The molecule has 0 heterocycles. The minimum absolute atomic E-state index is 0.0409. The second kappa shape index (κ2) is 4.61. The lowest BCUT2D eigenvalue weighted by molar-refractivity contribution is 0.209. The summed E-state index contributed by atoms with van der Waals surface area (Å²) in [6.45, 7) is 14.6. The molecule has 1 aliphatic rings. The Kier molecular flexibility index (Phi) is 3.87. The summed E-state index contributed by atoms with van der Waals surface area (Å²) in [6.07, 6.45) is 4.87. The van der Waals surface area contributed by atoms with E-state index in [1.165, 1.54) is 0 Å². The number of aliphatic hydroxyl groups excluding tert-OH is 1. The maximum Gasteiger partial charge on any atom is 0.135 e.